The first-order chi connectivity index (χ1) is 12.7. The van der Waals surface area contributed by atoms with Crippen molar-refractivity contribution in [1.82, 2.24) is 10.3 Å². The van der Waals surface area contributed by atoms with Crippen molar-refractivity contribution in [2.75, 3.05) is 0 Å². The minimum Gasteiger partial charge on any atom is -0.349 e. The van der Waals surface area contributed by atoms with Gasteiger partial charge in [0, 0.05) is 17.0 Å². The van der Waals surface area contributed by atoms with Crippen LogP contribution in [0.25, 0.3) is 22.2 Å². The van der Waals surface area contributed by atoms with Crippen molar-refractivity contribution in [2.24, 2.45) is 5.92 Å². The molecule has 4 rings (SSSR count). The highest BCUT2D eigenvalue weighted by Gasteiger charge is 2.24. The van der Waals surface area contributed by atoms with Crippen LogP contribution in [0.5, 0.6) is 0 Å². The number of aromatic nitrogens is 1. The molecular formula is C23H24N2O. The number of hydrogen-bond donors (Lipinski definition) is 1. The molecule has 1 aromatic heterocycles. The third-order valence-electron chi connectivity index (χ3n) is 5.46. The third-order valence-corrected chi connectivity index (χ3v) is 5.46. The largest absolute Gasteiger partial charge is 0.349 e. The molecule has 1 amide bonds. The van der Waals surface area contributed by atoms with Gasteiger partial charge in [-0.25, -0.2) is 4.98 Å². The van der Waals surface area contributed by atoms with Crippen LogP contribution in [0.15, 0.2) is 60.7 Å². The van der Waals surface area contributed by atoms with Crippen molar-refractivity contribution in [2.45, 2.75) is 38.6 Å². The predicted octanol–water partition coefficient (Wildman–Crippen LogP) is 5.21. The van der Waals surface area contributed by atoms with Crippen LogP contribution in [0.2, 0.25) is 0 Å². The molecule has 0 saturated heterocycles. The molecule has 1 saturated carbocycles. The number of para-hydroxylation sites is 1. The van der Waals surface area contributed by atoms with Crippen molar-refractivity contribution < 1.29 is 4.79 Å². The highest BCUT2D eigenvalue weighted by molar-refractivity contribution is 6.07. The first-order valence-electron chi connectivity index (χ1n) is 9.48. The number of hydrogen-bond acceptors (Lipinski definition) is 2. The second kappa shape index (κ2) is 7.28. The maximum Gasteiger partial charge on any atom is 0.252 e. The lowest BCUT2D eigenvalue weighted by Crippen LogP contribution is -2.41. The molecule has 0 bridgehead atoms. The average Bonchev–Trinajstić information content (AvgIpc) is 2.69. The van der Waals surface area contributed by atoms with Crippen LogP contribution in [0, 0.1) is 5.92 Å². The van der Waals surface area contributed by atoms with E-state index in [0.29, 0.717) is 11.5 Å². The highest BCUT2D eigenvalue weighted by Crippen LogP contribution is 2.27. The van der Waals surface area contributed by atoms with E-state index < -0.39 is 0 Å². The minimum atomic E-state index is 0.0135. The van der Waals surface area contributed by atoms with Gasteiger partial charge in [-0.05, 0) is 30.9 Å². The Morgan fingerprint density at radius 3 is 2.54 bits per heavy atom. The summed E-state index contributed by atoms with van der Waals surface area (Å²) in [6.07, 6.45) is 4.73. The standard InChI is InChI=1S/C23H24N2O/c1-16-9-5-7-13-20(16)25-23(26)19-15-22(17-10-3-2-4-11-17)24-21-14-8-6-12-18(19)21/h2-4,6,8,10-12,14-16,20H,5,7,9,13H2,1H3,(H,25,26)/t16-,20+/m1/s1. The smallest absolute Gasteiger partial charge is 0.252 e. The molecule has 2 aromatic carbocycles. The number of amides is 1. The fraction of sp³-hybridized carbons (Fsp3) is 0.304. The molecule has 1 fully saturated rings. The van der Waals surface area contributed by atoms with Gasteiger partial charge in [-0.15, -0.1) is 0 Å². The monoisotopic (exact) mass is 344 g/mol. The summed E-state index contributed by atoms with van der Waals surface area (Å²) in [7, 11) is 0. The van der Waals surface area contributed by atoms with Crippen LogP contribution in [-0.4, -0.2) is 16.9 Å². The van der Waals surface area contributed by atoms with E-state index in [4.69, 9.17) is 4.98 Å². The summed E-state index contributed by atoms with van der Waals surface area (Å²) in [5.74, 6) is 0.550. The van der Waals surface area contributed by atoms with E-state index in [9.17, 15) is 4.79 Å². The second-order valence-electron chi connectivity index (χ2n) is 7.28. The lowest BCUT2D eigenvalue weighted by atomic mass is 9.85. The van der Waals surface area contributed by atoms with Crippen molar-refractivity contribution >= 4 is 16.8 Å². The van der Waals surface area contributed by atoms with Crippen molar-refractivity contribution in [3.63, 3.8) is 0 Å². The second-order valence-corrected chi connectivity index (χ2v) is 7.28. The Balaban J connectivity index is 1.74. The summed E-state index contributed by atoms with van der Waals surface area (Å²) in [4.78, 5) is 17.9. The van der Waals surface area contributed by atoms with Crippen LogP contribution < -0.4 is 5.32 Å². The van der Waals surface area contributed by atoms with Gasteiger partial charge >= 0.3 is 0 Å². The normalized spacial score (nSPS) is 20.0. The van der Waals surface area contributed by atoms with Crippen molar-refractivity contribution in [3.8, 4) is 11.3 Å². The quantitative estimate of drug-likeness (QED) is 0.708. The summed E-state index contributed by atoms with van der Waals surface area (Å²) in [5.41, 5.74) is 3.44. The van der Waals surface area contributed by atoms with Gasteiger partial charge in [0.1, 0.15) is 0 Å². The van der Waals surface area contributed by atoms with Gasteiger partial charge in [0.15, 0.2) is 0 Å². The van der Waals surface area contributed by atoms with Gasteiger partial charge in [0.2, 0.25) is 0 Å². The molecule has 1 aliphatic rings. The SMILES string of the molecule is C[C@@H]1CCCC[C@@H]1NC(=O)c1cc(-c2ccccc2)nc2ccccc12. The molecule has 132 valence electrons. The molecular weight excluding hydrogens is 320 g/mol. The van der Waals surface area contributed by atoms with E-state index in [1.165, 1.54) is 19.3 Å². The molecule has 0 unspecified atom stereocenters. The first kappa shape index (κ1) is 16.8. The summed E-state index contributed by atoms with van der Waals surface area (Å²) >= 11 is 0. The zero-order chi connectivity index (χ0) is 17.9. The number of benzene rings is 2. The van der Waals surface area contributed by atoms with E-state index in [0.717, 1.165) is 28.6 Å². The van der Waals surface area contributed by atoms with E-state index >= 15 is 0 Å². The Morgan fingerprint density at radius 1 is 1.00 bits per heavy atom. The fourth-order valence-electron chi connectivity index (χ4n) is 3.90. The van der Waals surface area contributed by atoms with Gasteiger partial charge in [-0.3, -0.25) is 4.79 Å². The minimum absolute atomic E-state index is 0.0135. The molecule has 0 spiro atoms. The number of fused-ring (bicyclic) bond motifs is 1. The van der Waals surface area contributed by atoms with E-state index in [1.807, 2.05) is 60.7 Å². The molecule has 3 heteroatoms. The molecule has 0 aliphatic heterocycles. The molecule has 3 aromatic rings. The summed E-state index contributed by atoms with van der Waals surface area (Å²) in [6.45, 7) is 2.24. The molecule has 3 nitrogen and oxygen atoms in total. The Morgan fingerprint density at radius 2 is 1.73 bits per heavy atom. The Hall–Kier alpha value is -2.68. The molecule has 1 N–H and O–H groups in total. The van der Waals surface area contributed by atoms with Gasteiger partial charge < -0.3 is 5.32 Å². The number of carbonyl (C=O) groups is 1. The van der Waals surface area contributed by atoms with Gasteiger partial charge in [0.25, 0.3) is 5.91 Å². The van der Waals surface area contributed by atoms with Crippen molar-refractivity contribution in [3.05, 3.63) is 66.2 Å². The lowest BCUT2D eigenvalue weighted by Gasteiger charge is -2.29. The van der Waals surface area contributed by atoms with Crippen LogP contribution in [0.3, 0.4) is 0 Å². The zero-order valence-corrected chi connectivity index (χ0v) is 15.1. The molecule has 0 radical (unpaired) electrons. The fourth-order valence-corrected chi connectivity index (χ4v) is 3.90. The molecule has 1 aliphatic carbocycles. The molecule has 1 heterocycles. The van der Waals surface area contributed by atoms with E-state index in [-0.39, 0.29) is 11.9 Å². The number of pyridine rings is 1. The number of nitrogens with zero attached hydrogens (tertiary/aromatic N) is 1. The van der Waals surface area contributed by atoms with Crippen LogP contribution in [0.1, 0.15) is 43.0 Å². The molecule has 26 heavy (non-hydrogen) atoms. The average molecular weight is 344 g/mol. The lowest BCUT2D eigenvalue weighted by molar-refractivity contribution is 0.0912. The summed E-state index contributed by atoms with van der Waals surface area (Å²) in [6, 6.07) is 20.1. The predicted molar refractivity (Wildman–Crippen MR) is 106 cm³/mol. The number of nitrogens with one attached hydrogen (secondary N) is 1. The van der Waals surface area contributed by atoms with Crippen molar-refractivity contribution in [1.29, 1.82) is 0 Å². The van der Waals surface area contributed by atoms with Gasteiger partial charge in [-0.2, -0.15) is 0 Å². The van der Waals surface area contributed by atoms with E-state index in [2.05, 4.69) is 12.2 Å². The van der Waals surface area contributed by atoms with Crippen LogP contribution >= 0.6 is 0 Å². The summed E-state index contributed by atoms with van der Waals surface area (Å²) < 4.78 is 0. The Kier molecular flexibility index (Phi) is 4.70. The maximum absolute atomic E-state index is 13.1. The molecule has 2 atom stereocenters. The van der Waals surface area contributed by atoms with Crippen LogP contribution in [0.4, 0.5) is 0 Å². The Bertz CT molecular complexity index is 920. The van der Waals surface area contributed by atoms with Gasteiger partial charge in [0.05, 0.1) is 16.8 Å². The summed E-state index contributed by atoms with van der Waals surface area (Å²) in [5, 5.41) is 4.20. The Labute approximate surface area is 154 Å². The number of carbonyl (C=O) groups excluding carboxylic acids is 1. The van der Waals surface area contributed by atoms with Gasteiger partial charge in [-0.1, -0.05) is 68.3 Å². The third kappa shape index (κ3) is 3.34. The topological polar surface area (TPSA) is 42.0 Å². The van der Waals surface area contributed by atoms with E-state index in [1.54, 1.807) is 0 Å². The van der Waals surface area contributed by atoms with Crippen LogP contribution in [-0.2, 0) is 0 Å². The zero-order valence-electron chi connectivity index (χ0n) is 15.1. The highest BCUT2D eigenvalue weighted by atomic mass is 16.1. The first-order valence-corrected chi connectivity index (χ1v) is 9.48. The maximum atomic E-state index is 13.1. The number of rotatable bonds is 3.